The van der Waals surface area contributed by atoms with E-state index in [2.05, 4.69) is 5.16 Å². The Balaban J connectivity index is 1.67. The van der Waals surface area contributed by atoms with Gasteiger partial charge in [0, 0.05) is 16.7 Å². The van der Waals surface area contributed by atoms with Gasteiger partial charge in [0.05, 0.1) is 5.56 Å². The van der Waals surface area contributed by atoms with E-state index in [0.717, 1.165) is 16.7 Å². The highest BCUT2D eigenvalue weighted by molar-refractivity contribution is 6.30. The van der Waals surface area contributed by atoms with Crippen molar-refractivity contribution in [2.45, 2.75) is 20.5 Å². The van der Waals surface area contributed by atoms with Crippen LogP contribution in [0.3, 0.4) is 0 Å². The summed E-state index contributed by atoms with van der Waals surface area (Å²) >= 11 is 5.87. The smallest absolute Gasteiger partial charge is 0.338 e. The number of carbonyl (C=O) groups excluding carboxylic acids is 1. The summed E-state index contributed by atoms with van der Waals surface area (Å²) in [5, 5.41) is 4.58. The SMILES string of the molecule is Cc1cc(C)cc(C(=O)OCc2cc(-c3ccc(Cl)cc3)on2)c1. The number of benzene rings is 2. The molecule has 0 unspecified atom stereocenters. The first-order valence-electron chi connectivity index (χ1n) is 7.48. The van der Waals surface area contributed by atoms with Gasteiger partial charge in [-0.25, -0.2) is 4.79 Å². The summed E-state index contributed by atoms with van der Waals surface area (Å²) in [7, 11) is 0. The second kappa shape index (κ2) is 6.89. The molecule has 0 atom stereocenters. The normalized spacial score (nSPS) is 10.6. The first-order chi connectivity index (χ1) is 11.5. The summed E-state index contributed by atoms with van der Waals surface area (Å²) < 4.78 is 10.6. The monoisotopic (exact) mass is 341 g/mol. The van der Waals surface area contributed by atoms with Crippen molar-refractivity contribution in [1.82, 2.24) is 5.16 Å². The van der Waals surface area contributed by atoms with Crippen LogP contribution in [0.25, 0.3) is 11.3 Å². The van der Waals surface area contributed by atoms with Crippen molar-refractivity contribution in [1.29, 1.82) is 0 Å². The molecule has 122 valence electrons. The van der Waals surface area contributed by atoms with Crippen LogP contribution in [0, 0.1) is 13.8 Å². The fourth-order valence-corrected chi connectivity index (χ4v) is 2.57. The third kappa shape index (κ3) is 3.84. The maximum Gasteiger partial charge on any atom is 0.338 e. The molecule has 3 rings (SSSR count). The topological polar surface area (TPSA) is 52.3 Å². The van der Waals surface area contributed by atoms with Gasteiger partial charge in [0.15, 0.2) is 5.76 Å². The zero-order valence-corrected chi connectivity index (χ0v) is 14.1. The number of hydrogen-bond acceptors (Lipinski definition) is 4. The van der Waals surface area contributed by atoms with E-state index in [0.29, 0.717) is 22.0 Å². The molecule has 0 aliphatic heterocycles. The molecule has 0 saturated carbocycles. The number of aryl methyl sites for hydroxylation is 2. The molecule has 1 aromatic heterocycles. The van der Waals surface area contributed by atoms with Gasteiger partial charge in [-0.1, -0.05) is 34.0 Å². The molecule has 5 heteroatoms. The van der Waals surface area contributed by atoms with E-state index in [4.69, 9.17) is 20.9 Å². The van der Waals surface area contributed by atoms with Gasteiger partial charge < -0.3 is 9.26 Å². The van der Waals surface area contributed by atoms with Crippen molar-refractivity contribution in [2.24, 2.45) is 0 Å². The molecule has 24 heavy (non-hydrogen) atoms. The number of carbonyl (C=O) groups is 1. The molecule has 4 nitrogen and oxygen atoms in total. The van der Waals surface area contributed by atoms with Gasteiger partial charge in [-0.2, -0.15) is 0 Å². The standard InChI is InChI=1S/C19H16ClNO3/c1-12-7-13(2)9-15(8-12)19(22)23-11-17-10-18(24-21-17)14-3-5-16(20)6-4-14/h3-10H,11H2,1-2H3. The average Bonchev–Trinajstić information content (AvgIpc) is 3.01. The molecule has 0 saturated heterocycles. The molecular formula is C19H16ClNO3. The van der Waals surface area contributed by atoms with Crippen molar-refractivity contribution in [3.63, 3.8) is 0 Å². The van der Waals surface area contributed by atoms with Gasteiger partial charge in [0.1, 0.15) is 12.3 Å². The Labute approximate surface area is 145 Å². The minimum atomic E-state index is -0.377. The number of rotatable bonds is 4. The number of hydrogen-bond donors (Lipinski definition) is 0. The number of aromatic nitrogens is 1. The zero-order valence-electron chi connectivity index (χ0n) is 13.4. The quantitative estimate of drug-likeness (QED) is 0.629. The second-order valence-electron chi connectivity index (χ2n) is 5.64. The number of halogens is 1. The highest BCUT2D eigenvalue weighted by Gasteiger charge is 2.12. The van der Waals surface area contributed by atoms with E-state index in [1.807, 2.05) is 32.0 Å². The van der Waals surface area contributed by atoms with Crippen molar-refractivity contribution in [2.75, 3.05) is 0 Å². The maximum absolute atomic E-state index is 12.1. The summed E-state index contributed by atoms with van der Waals surface area (Å²) in [6, 6.07) is 14.6. The third-order valence-electron chi connectivity index (χ3n) is 3.50. The predicted octanol–water partition coefficient (Wildman–Crippen LogP) is 4.97. The van der Waals surface area contributed by atoms with Gasteiger partial charge in [-0.05, 0) is 50.2 Å². The second-order valence-corrected chi connectivity index (χ2v) is 6.08. The van der Waals surface area contributed by atoms with E-state index < -0.39 is 0 Å². The first kappa shape index (κ1) is 16.3. The molecule has 0 spiro atoms. The van der Waals surface area contributed by atoms with Gasteiger partial charge in [0.2, 0.25) is 0 Å². The molecule has 0 aliphatic carbocycles. The summed E-state index contributed by atoms with van der Waals surface area (Å²) in [6.07, 6.45) is 0. The summed E-state index contributed by atoms with van der Waals surface area (Å²) in [5.41, 5.74) is 3.99. The van der Waals surface area contributed by atoms with Gasteiger partial charge in [0.25, 0.3) is 0 Å². The molecule has 2 aromatic carbocycles. The maximum atomic E-state index is 12.1. The lowest BCUT2D eigenvalue weighted by molar-refractivity contribution is 0.0464. The van der Waals surface area contributed by atoms with Crippen LogP contribution in [-0.2, 0) is 11.3 Å². The van der Waals surface area contributed by atoms with Crippen molar-refractivity contribution >= 4 is 17.6 Å². The molecule has 0 fully saturated rings. The van der Waals surface area contributed by atoms with Crippen LogP contribution in [0.15, 0.2) is 53.1 Å². The molecule has 0 amide bonds. The lowest BCUT2D eigenvalue weighted by atomic mass is 10.1. The fourth-order valence-electron chi connectivity index (χ4n) is 2.45. The largest absolute Gasteiger partial charge is 0.455 e. The average molecular weight is 342 g/mol. The van der Waals surface area contributed by atoms with Crippen LogP contribution in [0.1, 0.15) is 27.2 Å². The highest BCUT2D eigenvalue weighted by atomic mass is 35.5. The van der Waals surface area contributed by atoms with Crippen LogP contribution in [0.2, 0.25) is 5.02 Å². The van der Waals surface area contributed by atoms with E-state index in [1.165, 1.54) is 0 Å². The van der Waals surface area contributed by atoms with E-state index in [9.17, 15) is 4.79 Å². The Morgan fingerprint density at radius 1 is 1.08 bits per heavy atom. The Morgan fingerprint density at radius 3 is 2.42 bits per heavy atom. The minimum Gasteiger partial charge on any atom is -0.455 e. The van der Waals surface area contributed by atoms with Crippen LogP contribution < -0.4 is 0 Å². The molecule has 1 heterocycles. The highest BCUT2D eigenvalue weighted by Crippen LogP contribution is 2.22. The van der Waals surface area contributed by atoms with Crippen LogP contribution in [0.5, 0.6) is 0 Å². The Bertz CT molecular complexity index is 848. The Morgan fingerprint density at radius 2 is 1.75 bits per heavy atom. The summed E-state index contributed by atoms with van der Waals surface area (Å²) in [5.74, 6) is 0.224. The number of ether oxygens (including phenoxy) is 1. The Hall–Kier alpha value is -2.59. The van der Waals surface area contributed by atoms with E-state index in [1.54, 1.807) is 30.3 Å². The molecule has 0 N–H and O–H groups in total. The molecular weight excluding hydrogens is 326 g/mol. The summed E-state index contributed by atoms with van der Waals surface area (Å²) in [6.45, 7) is 3.95. The fraction of sp³-hybridized carbons (Fsp3) is 0.158. The first-order valence-corrected chi connectivity index (χ1v) is 7.86. The lowest BCUT2D eigenvalue weighted by Gasteiger charge is -2.05. The molecule has 0 bridgehead atoms. The van der Waals surface area contributed by atoms with Crippen molar-refractivity contribution < 1.29 is 14.1 Å². The van der Waals surface area contributed by atoms with Gasteiger partial charge >= 0.3 is 5.97 Å². The number of esters is 1. The number of nitrogens with zero attached hydrogens (tertiary/aromatic N) is 1. The molecule has 0 radical (unpaired) electrons. The van der Waals surface area contributed by atoms with Crippen molar-refractivity contribution in [3.05, 3.63) is 75.9 Å². The lowest BCUT2D eigenvalue weighted by Crippen LogP contribution is -2.06. The van der Waals surface area contributed by atoms with E-state index >= 15 is 0 Å². The van der Waals surface area contributed by atoms with E-state index in [-0.39, 0.29) is 12.6 Å². The minimum absolute atomic E-state index is 0.0584. The van der Waals surface area contributed by atoms with Crippen molar-refractivity contribution in [3.8, 4) is 11.3 Å². The summed E-state index contributed by atoms with van der Waals surface area (Å²) in [4.78, 5) is 12.1. The zero-order chi connectivity index (χ0) is 17.1. The van der Waals surface area contributed by atoms with Crippen LogP contribution >= 0.6 is 11.6 Å². The van der Waals surface area contributed by atoms with Crippen LogP contribution in [0.4, 0.5) is 0 Å². The molecule has 0 aliphatic rings. The van der Waals surface area contributed by atoms with Crippen LogP contribution in [-0.4, -0.2) is 11.1 Å². The third-order valence-corrected chi connectivity index (χ3v) is 3.75. The molecule has 3 aromatic rings. The Kier molecular flexibility index (Phi) is 4.67. The van der Waals surface area contributed by atoms with Gasteiger partial charge in [-0.3, -0.25) is 0 Å². The predicted molar refractivity (Wildman–Crippen MR) is 92.0 cm³/mol. The van der Waals surface area contributed by atoms with Gasteiger partial charge in [-0.15, -0.1) is 0 Å².